The largest absolute Gasteiger partial charge is 0.310 e. The molecule has 0 amide bonds. The number of aromatic nitrogens is 4. The predicted octanol–water partition coefficient (Wildman–Crippen LogP) is -0.187. The lowest BCUT2D eigenvalue weighted by Crippen LogP contribution is -2.15. The van der Waals surface area contributed by atoms with Crippen molar-refractivity contribution in [3.63, 3.8) is 0 Å². The summed E-state index contributed by atoms with van der Waals surface area (Å²) in [4.78, 5) is 0. The molecule has 1 aromatic heterocycles. The van der Waals surface area contributed by atoms with Gasteiger partial charge < -0.3 is 5.73 Å². The first-order valence-corrected chi connectivity index (χ1v) is 2.88. The number of hydrogen-bond acceptors (Lipinski definition) is 4. The van der Waals surface area contributed by atoms with Crippen molar-refractivity contribution in [2.45, 2.75) is 13.1 Å². The van der Waals surface area contributed by atoms with Gasteiger partial charge in [0.15, 0.2) is 0 Å². The fourth-order valence-electron chi connectivity index (χ4n) is 0.470. The second kappa shape index (κ2) is 2.24. The van der Waals surface area contributed by atoms with Gasteiger partial charge in [-0.15, -0.1) is 0 Å². The van der Waals surface area contributed by atoms with Crippen LogP contribution in [-0.2, 0) is 0 Å². The van der Waals surface area contributed by atoms with Crippen LogP contribution < -0.4 is 5.73 Å². The predicted molar refractivity (Wildman–Crippen MR) is 34.1 cm³/mol. The van der Waals surface area contributed by atoms with Crippen molar-refractivity contribution in [3.05, 3.63) is 4.77 Å². The Morgan fingerprint density at radius 1 is 1.89 bits per heavy atom. The number of rotatable bonds is 1. The fraction of sp³-hybridized carbons (Fsp3) is 0.667. The Hall–Kier alpha value is -0.750. The van der Waals surface area contributed by atoms with Crippen LogP contribution in [0.25, 0.3) is 0 Å². The van der Waals surface area contributed by atoms with E-state index in [1.54, 1.807) is 6.92 Å². The summed E-state index contributed by atoms with van der Waals surface area (Å²) in [6, 6.07) is 0. The molecule has 1 heterocycles. The first-order valence-electron chi connectivity index (χ1n) is 2.47. The van der Waals surface area contributed by atoms with E-state index in [0.29, 0.717) is 4.77 Å². The fourth-order valence-corrected chi connectivity index (χ4v) is 0.717. The molecule has 1 rings (SSSR count). The zero-order valence-electron chi connectivity index (χ0n) is 4.90. The van der Waals surface area contributed by atoms with Gasteiger partial charge in [0, 0.05) is 0 Å². The molecule has 1 unspecified atom stereocenters. The number of aromatic amines is 1. The molecule has 0 radical (unpaired) electrons. The van der Waals surface area contributed by atoms with Gasteiger partial charge in [-0.2, -0.15) is 5.21 Å². The summed E-state index contributed by atoms with van der Waals surface area (Å²) in [6.45, 7) is 1.79. The van der Waals surface area contributed by atoms with Gasteiger partial charge in [0.1, 0.15) is 0 Å². The van der Waals surface area contributed by atoms with Crippen molar-refractivity contribution in [2.75, 3.05) is 0 Å². The molecule has 0 aliphatic rings. The average Bonchev–Trinajstić information content (AvgIpc) is 2.13. The monoisotopic (exact) mass is 145 g/mol. The maximum atomic E-state index is 5.44. The molecule has 5 nitrogen and oxygen atoms in total. The molecule has 0 aliphatic heterocycles. The van der Waals surface area contributed by atoms with E-state index in [9.17, 15) is 0 Å². The molecule has 0 spiro atoms. The highest BCUT2D eigenvalue weighted by molar-refractivity contribution is 7.71. The van der Waals surface area contributed by atoms with Crippen LogP contribution in [0.4, 0.5) is 0 Å². The number of H-pyrrole nitrogens is 1. The summed E-state index contributed by atoms with van der Waals surface area (Å²) in [7, 11) is 0. The Morgan fingerprint density at radius 2 is 2.56 bits per heavy atom. The van der Waals surface area contributed by atoms with Crippen LogP contribution in [-0.4, -0.2) is 20.2 Å². The van der Waals surface area contributed by atoms with Gasteiger partial charge in [0.2, 0.25) is 4.77 Å². The number of nitrogens with zero attached hydrogens (tertiary/aromatic N) is 3. The number of nitrogens with one attached hydrogen (secondary N) is 1. The third kappa shape index (κ3) is 1.14. The molecule has 0 bridgehead atoms. The molecule has 0 saturated carbocycles. The van der Waals surface area contributed by atoms with Crippen molar-refractivity contribution in [3.8, 4) is 0 Å². The van der Waals surface area contributed by atoms with Crippen LogP contribution in [0.2, 0.25) is 0 Å². The van der Waals surface area contributed by atoms with Crippen molar-refractivity contribution in [1.29, 1.82) is 0 Å². The van der Waals surface area contributed by atoms with Crippen molar-refractivity contribution < 1.29 is 0 Å². The highest BCUT2D eigenvalue weighted by Gasteiger charge is 1.97. The molecule has 0 saturated heterocycles. The van der Waals surface area contributed by atoms with Crippen molar-refractivity contribution in [2.24, 2.45) is 5.73 Å². The van der Waals surface area contributed by atoms with E-state index in [4.69, 9.17) is 18.0 Å². The van der Waals surface area contributed by atoms with Crippen LogP contribution in [0, 0.1) is 4.77 Å². The van der Waals surface area contributed by atoms with Crippen molar-refractivity contribution >= 4 is 12.2 Å². The second-order valence-corrected chi connectivity index (χ2v) is 2.06. The van der Waals surface area contributed by atoms with Crippen LogP contribution in [0.5, 0.6) is 0 Å². The average molecular weight is 145 g/mol. The first-order chi connectivity index (χ1) is 4.22. The van der Waals surface area contributed by atoms with Crippen LogP contribution >= 0.6 is 12.2 Å². The van der Waals surface area contributed by atoms with Gasteiger partial charge in [-0.3, -0.25) is 0 Å². The molecule has 0 aromatic carbocycles. The molecule has 6 heteroatoms. The third-order valence-corrected chi connectivity index (χ3v) is 1.18. The number of hydrogen-bond donors (Lipinski definition) is 2. The van der Waals surface area contributed by atoms with E-state index in [-0.39, 0.29) is 6.17 Å². The zero-order valence-corrected chi connectivity index (χ0v) is 5.72. The minimum absolute atomic E-state index is 0.188. The molecule has 3 N–H and O–H groups in total. The molecular weight excluding hydrogens is 138 g/mol. The SMILES string of the molecule is CC(N)n1[nH]nnc1=S. The minimum atomic E-state index is -0.188. The zero-order chi connectivity index (χ0) is 6.85. The van der Waals surface area contributed by atoms with Gasteiger partial charge in [0.05, 0.1) is 6.17 Å². The van der Waals surface area contributed by atoms with Crippen LogP contribution in [0.1, 0.15) is 13.1 Å². The van der Waals surface area contributed by atoms with Crippen molar-refractivity contribution in [1.82, 2.24) is 20.2 Å². The van der Waals surface area contributed by atoms with Gasteiger partial charge in [-0.05, 0) is 19.1 Å². The third-order valence-electron chi connectivity index (χ3n) is 0.901. The van der Waals surface area contributed by atoms with Gasteiger partial charge >= 0.3 is 0 Å². The quantitative estimate of drug-likeness (QED) is 0.537. The minimum Gasteiger partial charge on any atom is -0.310 e. The summed E-state index contributed by atoms with van der Waals surface area (Å²) in [5, 5.41) is 9.51. The summed E-state index contributed by atoms with van der Waals surface area (Å²) < 4.78 is 1.88. The van der Waals surface area contributed by atoms with E-state index in [1.807, 2.05) is 0 Å². The lowest BCUT2D eigenvalue weighted by Gasteiger charge is -2.01. The van der Waals surface area contributed by atoms with E-state index in [2.05, 4.69) is 15.5 Å². The highest BCUT2D eigenvalue weighted by Crippen LogP contribution is 1.90. The van der Waals surface area contributed by atoms with Gasteiger partial charge in [-0.25, -0.2) is 4.68 Å². The van der Waals surface area contributed by atoms with E-state index in [1.165, 1.54) is 4.68 Å². The van der Waals surface area contributed by atoms with Crippen LogP contribution in [0.3, 0.4) is 0 Å². The van der Waals surface area contributed by atoms with Gasteiger partial charge in [-0.1, -0.05) is 10.3 Å². The topological polar surface area (TPSA) is 72.5 Å². The number of nitrogens with two attached hydrogens (primary N) is 1. The molecule has 9 heavy (non-hydrogen) atoms. The Labute approximate surface area is 56.8 Å². The summed E-state index contributed by atoms with van der Waals surface area (Å²) >= 11 is 4.74. The van der Waals surface area contributed by atoms with E-state index < -0.39 is 0 Å². The lowest BCUT2D eigenvalue weighted by atomic mass is 10.6. The smallest absolute Gasteiger partial charge is 0.239 e. The number of tetrazole rings is 1. The first kappa shape index (κ1) is 6.37. The maximum absolute atomic E-state index is 5.44. The Bertz CT molecular complexity index is 234. The van der Waals surface area contributed by atoms with E-state index >= 15 is 0 Å². The maximum Gasteiger partial charge on any atom is 0.239 e. The Balaban J connectivity index is 3.08. The van der Waals surface area contributed by atoms with Gasteiger partial charge in [0.25, 0.3) is 0 Å². The Kier molecular flexibility index (Phi) is 1.58. The summed E-state index contributed by atoms with van der Waals surface area (Å²) in [5.74, 6) is 0. The normalized spacial score (nSPS) is 13.6. The molecule has 1 atom stereocenters. The Morgan fingerprint density at radius 3 is 2.78 bits per heavy atom. The molecule has 0 aliphatic carbocycles. The highest BCUT2D eigenvalue weighted by atomic mass is 32.1. The molecule has 1 aromatic rings. The standard InChI is InChI=1S/C3H7N5S/c1-2(4)8-3(9)5-6-7-8/h2H,4H2,1H3,(H,5,7,9). The second-order valence-electron chi connectivity index (χ2n) is 1.69. The molecule has 50 valence electrons. The van der Waals surface area contributed by atoms with Crippen LogP contribution in [0.15, 0.2) is 0 Å². The lowest BCUT2D eigenvalue weighted by molar-refractivity contribution is 0.488. The summed E-state index contributed by atoms with van der Waals surface area (Å²) in [6.07, 6.45) is -0.188. The summed E-state index contributed by atoms with van der Waals surface area (Å²) in [5.41, 5.74) is 5.44. The molecule has 0 fully saturated rings. The van der Waals surface area contributed by atoms with E-state index in [0.717, 1.165) is 0 Å². The molecular formula is C3H7N5S.